The molecule has 0 aliphatic carbocycles. The maximum atomic E-state index is 12.5. The smallest absolute Gasteiger partial charge is 0.331 e. The SMILES string of the molecule is CN(C)C(=O)Nc1ccc(C(F)(F)F)c(Cl)c1S. The number of benzene rings is 1. The summed E-state index contributed by atoms with van der Waals surface area (Å²) in [6, 6.07) is 1.42. The Morgan fingerprint density at radius 3 is 2.39 bits per heavy atom. The molecule has 0 spiro atoms. The molecule has 3 nitrogen and oxygen atoms in total. The Kier molecular flexibility index (Phi) is 4.39. The lowest BCUT2D eigenvalue weighted by atomic mass is 10.2. The molecule has 0 aliphatic heterocycles. The standard InChI is InChI=1S/C10H10ClF3N2OS/c1-16(2)9(17)15-6-4-3-5(10(12,13)14)7(11)8(6)18/h3-4,18H,1-2H3,(H,15,17). The fraction of sp³-hybridized carbons (Fsp3) is 0.300. The highest BCUT2D eigenvalue weighted by atomic mass is 35.5. The van der Waals surface area contributed by atoms with Crippen LogP contribution in [0.15, 0.2) is 17.0 Å². The highest BCUT2D eigenvalue weighted by Gasteiger charge is 2.34. The van der Waals surface area contributed by atoms with Gasteiger partial charge in [0.2, 0.25) is 0 Å². The molecule has 0 aromatic heterocycles. The molecule has 100 valence electrons. The maximum absolute atomic E-state index is 12.5. The van der Waals surface area contributed by atoms with Crippen molar-refractivity contribution in [2.75, 3.05) is 19.4 Å². The minimum Gasteiger partial charge on any atom is -0.331 e. The summed E-state index contributed by atoms with van der Waals surface area (Å²) in [4.78, 5) is 12.5. The first-order valence-electron chi connectivity index (χ1n) is 4.71. The van der Waals surface area contributed by atoms with Gasteiger partial charge in [-0.15, -0.1) is 12.6 Å². The molecular formula is C10H10ClF3N2OS. The van der Waals surface area contributed by atoms with Gasteiger partial charge in [0.25, 0.3) is 0 Å². The fourth-order valence-corrected chi connectivity index (χ4v) is 1.63. The van der Waals surface area contributed by atoms with E-state index < -0.39 is 22.8 Å². The van der Waals surface area contributed by atoms with Crippen LogP contribution in [-0.4, -0.2) is 25.0 Å². The molecule has 0 bridgehead atoms. The van der Waals surface area contributed by atoms with Crippen molar-refractivity contribution >= 4 is 35.9 Å². The number of thiol groups is 1. The normalized spacial score (nSPS) is 11.3. The van der Waals surface area contributed by atoms with Crippen LogP contribution in [-0.2, 0) is 6.18 Å². The summed E-state index contributed by atoms with van der Waals surface area (Å²) < 4.78 is 37.6. The minimum absolute atomic E-state index is 0.120. The molecule has 1 N–H and O–H groups in total. The number of halogens is 4. The van der Waals surface area contributed by atoms with Gasteiger partial charge >= 0.3 is 12.2 Å². The van der Waals surface area contributed by atoms with E-state index in [1.54, 1.807) is 0 Å². The Labute approximate surface area is 112 Å². The van der Waals surface area contributed by atoms with Gasteiger partial charge in [0.1, 0.15) is 0 Å². The van der Waals surface area contributed by atoms with Crippen molar-refractivity contribution in [3.8, 4) is 0 Å². The number of carbonyl (C=O) groups is 1. The van der Waals surface area contributed by atoms with Crippen molar-refractivity contribution in [1.82, 2.24) is 4.90 Å². The van der Waals surface area contributed by atoms with Gasteiger partial charge < -0.3 is 10.2 Å². The molecule has 0 saturated carbocycles. The van der Waals surface area contributed by atoms with Crippen LogP contribution in [0.1, 0.15) is 5.56 Å². The third kappa shape index (κ3) is 3.23. The highest BCUT2D eigenvalue weighted by Crippen LogP contribution is 2.40. The van der Waals surface area contributed by atoms with Gasteiger partial charge in [0.15, 0.2) is 0 Å². The van der Waals surface area contributed by atoms with E-state index in [-0.39, 0.29) is 10.6 Å². The predicted octanol–water partition coefficient (Wildman–Crippen LogP) is 3.74. The van der Waals surface area contributed by atoms with Crippen LogP contribution in [0, 0.1) is 0 Å². The lowest BCUT2D eigenvalue weighted by Crippen LogP contribution is -2.27. The van der Waals surface area contributed by atoms with E-state index in [2.05, 4.69) is 17.9 Å². The van der Waals surface area contributed by atoms with E-state index in [4.69, 9.17) is 11.6 Å². The molecule has 18 heavy (non-hydrogen) atoms. The zero-order valence-electron chi connectivity index (χ0n) is 9.47. The average Bonchev–Trinajstić information content (AvgIpc) is 2.22. The van der Waals surface area contributed by atoms with E-state index in [0.29, 0.717) is 0 Å². The second-order valence-corrected chi connectivity index (χ2v) is 4.47. The molecule has 8 heteroatoms. The Bertz CT molecular complexity index is 477. The molecule has 1 rings (SSSR count). The largest absolute Gasteiger partial charge is 0.417 e. The summed E-state index contributed by atoms with van der Waals surface area (Å²) in [5.74, 6) is 0. The number of carbonyl (C=O) groups excluding carboxylic acids is 1. The monoisotopic (exact) mass is 298 g/mol. The van der Waals surface area contributed by atoms with Crippen LogP contribution in [0.3, 0.4) is 0 Å². The zero-order chi connectivity index (χ0) is 14.1. The van der Waals surface area contributed by atoms with Crippen molar-refractivity contribution in [1.29, 1.82) is 0 Å². The molecule has 0 atom stereocenters. The second kappa shape index (κ2) is 5.27. The van der Waals surface area contributed by atoms with Crippen molar-refractivity contribution in [2.24, 2.45) is 0 Å². The van der Waals surface area contributed by atoms with Gasteiger partial charge in [-0.25, -0.2) is 4.79 Å². The molecule has 0 fully saturated rings. The quantitative estimate of drug-likeness (QED) is 0.761. The summed E-state index contributed by atoms with van der Waals surface area (Å²) in [6.45, 7) is 0. The van der Waals surface area contributed by atoms with Gasteiger partial charge in [-0.2, -0.15) is 13.2 Å². The van der Waals surface area contributed by atoms with Crippen molar-refractivity contribution < 1.29 is 18.0 Å². The summed E-state index contributed by atoms with van der Waals surface area (Å²) in [5.41, 5.74) is -0.868. The molecule has 0 unspecified atom stereocenters. The Balaban J connectivity index is 3.13. The van der Waals surface area contributed by atoms with Crippen LogP contribution >= 0.6 is 24.2 Å². The van der Waals surface area contributed by atoms with Gasteiger partial charge in [0, 0.05) is 19.0 Å². The number of anilines is 1. The topological polar surface area (TPSA) is 32.3 Å². The summed E-state index contributed by atoms with van der Waals surface area (Å²) in [5, 5.41) is 1.85. The van der Waals surface area contributed by atoms with Gasteiger partial charge in [-0.05, 0) is 12.1 Å². The average molecular weight is 299 g/mol. The molecule has 0 saturated heterocycles. The second-order valence-electron chi connectivity index (χ2n) is 3.65. The van der Waals surface area contributed by atoms with E-state index in [1.807, 2.05) is 0 Å². The number of amides is 2. The molecule has 0 aliphatic rings. The Morgan fingerprint density at radius 2 is 1.94 bits per heavy atom. The van der Waals surface area contributed by atoms with E-state index in [1.165, 1.54) is 19.0 Å². The summed E-state index contributed by atoms with van der Waals surface area (Å²) in [7, 11) is 3.00. The number of hydrogen-bond acceptors (Lipinski definition) is 2. The Hall–Kier alpha value is -1.08. The van der Waals surface area contributed by atoms with Crippen LogP contribution in [0.4, 0.5) is 23.7 Å². The number of nitrogens with one attached hydrogen (secondary N) is 1. The van der Waals surface area contributed by atoms with E-state index in [9.17, 15) is 18.0 Å². The van der Waals surface area contributed by atoms with Crippen molar-refractivity contribution in [3.63, 3.8) is 0 Å². The van der Waals surface area contributed by atoms with Crippen LogP contribution in [0.2, 0.25) is 5.02 Å². The van der Waals surface area contributed by atoms with Crippen LogP contribution < -0.4 is 5.32 Å². The molecule has 2 amide bonds. The fourth-order valence-electron chi connectivity index (χ4n) is 1.11. The number of nitrogens with zero attached hydrogens (tertiary/aromatic N) is 1. The molecule has 0 radical (unpaired) electrons. The summed E-state index contributed by atoms with van der Waals surface area (Å²) >= 11 is 9.48. The predicted molar refractivity (Wildman–Crippen MR) is 66.4 cm³/mol. The molecule has 1 aromatic carbocycles. The van der Waals surface area contributed by atoms with Gasteiger partial charge in [0.05, 0.1) is 16.3 Å². The first-order chi connectivity index (χ1) is 8.14. The van der Waals surface area contributed by atoms with E-state index in [0.717, 1.165) is 12.1 Å². The van der Waals surface area contributed by atoms with Crippen molar-refractivity contribution in [2.45, 2.75) is 11.1 Å². The van der Waals surface area contributed by atoms with Crippen molar-refractivity contribution in [3.05, 3.63) is 22.7 Å². The lowest BCUT2D eigenvalue weighted by Gasteiger charge is -2.16. The van der Waals surface area contributed by atoms with Gasteiger partial charge in [-0.3, -0.25) is 0 Å². The first-order valence-corrected chi connectivity index (χ1v) is 5.54. The summed E-state index contributed by atoms with van der Waals surface area (Å²) in [6.07, 6.45) is -4.56. The van der Waals surface area contributed by atoms with Gasteiger partial charge in [-0.1, -0.05) is 11.6 Å². The molecule has 1 aromatic rings. The number of urea groups is 1. The minimum atomic E-state index is -4.56. The van der Waals surface area contributed by atoms with E-state index >= 15 is 0 Å². The lowest BCUT2D eigenvalue weighted by molar-refractivity contribution is -0.137. The highest BCUT2D eigenvalue weighted by molar-refractivity contribution is 7.80. The van der Waals surface area contributed by atoms with Crippen LogP contribution in [0.5, 0.6) is 0 Å². The third-order valence-corrected chi connectivity index (χ3v) is 3.06. The van der Waals surface area contributed by atoms with Crippen LogP contribution in [0.25, 0.3) is 0 Å². The number of hydrogen-bond donors (Lipinski definition) is 2. The molecule has 0 heterocycles. The number of rotatable bonds is 1. The zero-order valence-corrected chi connectivity index (χ0v) is 11.1. The Morgan fingerprint density at radius 1 is 1.39 bits per heavy atom. The third-order valence-electron chi connectivity index (χ3n) is 2.07. The maximum Gasteiger partial charge on any atom is 0.417 e. The first kappa shape index (κ1) is 15.0. The molecular weight excluding hydrogens is 289 g/mol. The number of alkyl halides is 3.